The first-order valence-corrected chi connectivity index (χ1v) is 6.82. The van der Waals surface area contributed by atoms with Crippen LogP contribution in [0.3, 0.4) is 0 Å². The molecule has 0 bridgehead atoms. The molecule has 0 atom stereocenters. The summed E-state index contributed by atoms with van der Waals surface area (Å²) in [4.78, 5) is 27.2. The van der Waals surface area contributed by atoms with E-state index in [2.05, 4.69) is 15.4 Å². The van der Waals surface area contributed by atoms with Gasteiger partial charge in [-0.15, -0.1) is 0 Å². The van der Waals surface area contributed by atoms with Gasteiger partial charge in [-0.25, -0.2) is 14.2 Å². The zero-order chi connectivity index (χ0) is 17.3. The first-order chi connectivity index (χ1) is 11.5. The predicted octanol–water partition coefficient (Wildman–Crippen LogP) is 1.70. The van der Waals surface area contributed by atoms with Crippen molar-refractivity contribution in [3.63, 3.8) is 0 Å². The normalized spacial score (nSPS) is 10.6. The Kier molecular flexibility index (Phi) is 3.82. The van der Waals surface area contributed by atoms with E-state index in [1.54, 1.807) is 6.20 Å². The number of carbonyl (C=O) groups is 2. The summed E-state index contributed by atoms with van der Waals surface area (Å²) in [7, 11) is 1.45. The van der Waals surface area contributed by atoms with Crippen molar-refractivity contribution in [2.45, 2.75) is 0 Å². The van der Waals surface area contributed by atoms with Crippen molar-refractivity contribution >= 4 is 17.6 Å². The first kappa shape index (κ1) is 15.4. The van der Waals surface area contributed by atoms with Crippen LogP contribution in [-0.4, -0.2) is 36.3 Å². The highest BCUT2D eigenvalue weighted by molar-refractivity contribution is 6.09. The molecule has 1 aromatic carbocycles. The number of carbonyl (C=O) groups excluding carboxylic acids is 1. The number of nitrogens with zero attached hydrogens (tertiary/aromatic N) is 4. The summed E-state index contributed by atoms with van der Waals surface area (Å²) in [5.74, 6) is -2.52. The van der Waals surface area contributed by atoms with Gasteiger partial charge in [-0.1, -0.05) is 0 Å². The van der Waals surface area contributed by atoms with Gasteiger partial charge < -0.3 is 15.0 Å². The number of aromatic nitrogens is 4. The van der Waals surface area contributed by atoms with E-state index in [-0.39, 0.29) is 22.6 Å². The fourth-order valence-corrected chi connectivity index (χ4v) is 2.25. The minimum Gasteiger partial charge on any atom is -0.478 e. The van der Waals surface area contributed by atoms with Gasteiger partial charge in [0.05, 0.1) is 18.2 Å². The Morgan fingerprint density at radius 3 is 2.75 bits per heavy atom. The van der Waals surface area contributed by atoms with Crippen molar-refractivity contribution in [1.82, 2.24) is 19.3 Å². The van der Waals surface area contributed by atoms with Crippen LogP contribution in [0, 0.1) is 5.82 Å². The van der Waals surface area contributed by atoms with E-state index in [1.807, 2.05) is 0 Å². The number of carboxylic acid groups (broad SMARTS) is 1. The summed E-state index contributed by atoms with van der Waals surface area (Å²) < 4.78 is 16.8. The van der Waals surface area contributed by atoms with Gasteiger partial charge in [0.15, 0.2) is 0 Å². The third-order valence-electron chi connectivity index (χ3n) is 3.37. The van der Waals surface area contributed by atoms with Crippen LogP contribution in [0.15, 0.2) is 43.1 Å². The molecule has 2 aromatic heterocycles. The molecule has 0 radical (unpaired) electrons. The van der Waals surface area contributed by atoms with Crippen LogP contribution in [0.2, 0.25) is 0 Å². The lowest BCUT2D eigenvalue weighted by molar-refractivity contribution is 0.0692. The highest BCUT2D eigenvalue weighted by atomic mass is 19.1. The maximum absolute atomic E-state index is 14.2. The van der Waals surface area contributed by atoms with Gasteiger partial charge in [-0.05, 0) is 18.2 Å². The Labute approximate surface area is 135 Å². The van der Waals surface area contributed by atoms with Gasteiger partial charge in [0, 0.05) is 25.1 Å². The van der Waals surface area contributed by atoms with Crippen LogP contribution >= 0.6 is 0 Å². The van der Waals surface area contributed by atoms with Crippen LogP contribution in [0.5, 0.6) is 0 Å². The Morgan fingerprint density at radius 1 is 1.33 bits per heavy atom. The van der Waals surface area contributed by atoms with Gasteiger partial charge in [0.25, 0.3) is 5.91 Å². The number of benzene rings is 1. The molecule has 0 fully saturated rings. The number of amides is 1. The molecule has 24 heavy (non-hydrogen) atoms. The quantitative estimate of drug-likeness (QED) is 0.758. The number of imidazole rings is 1. The summed E-state index contributed by atoms with van der Waals surface area (Å²) in [6.07, 6.45) is 5.64. The number of nitrogens with one attached hydrogen (secondary N) is 1. The molecule has 122 valence electrons. The molecular formula is C15H12FN5O3. The van der Waals surface area contributed by atoms with Gasteiger partial charge in [0.2, 0.25) is 0 Å². The lowest BCUT2D eigenvalue weighted by atomic mass is 10.2. The van der Waals surface area contributed by atoms with E-state index >= 15 is 0 Å². The summed E-state index contributed by atoms with van der Waals surface area (Å²) in [5, 5.41) is 15.3. The Bertz CT molecular complexity index is 917. The largest absolute Gasteiger partial charge is 0.478 e. The second-order valence-electron chi connectivity index (χ2n) is 4.93. The topological polar surface area (TPSA) is 102 Å². The number of halogens is 1. The number of hydrogen-bond donors (Lipinski definition) is 2. The van der Waals surface area contributed by atoms with Gasteiger partial charge in [0.1, 0.15) is 17.1 Å². The van der Waals surface area contributed by atoms with E-state index in [0.29, 0.717) is 0 Å². The van der Waals surface area contributed by atoms with Crippen molar-refractivity contribution < 1.29 is 19.1 Å². The van der Waals surface area contributed by atoms with Crippen molar-refractivity contribution in [2.24, 2.45) is 7.05 Å². The Hall–Kier alpha value is -3.49. The molecule has 0 unspecified atom stereocenters. The molecule has 0 saturated heterocycles. The monoisotopic (exact) mass is 329 g/mol. The zero-order valence-electron chi connectivity index (χ0n) is 12.5. The van der Waals surface area contributed by atoms with E-state index in [1.165, 1.54) is 36.3 Å². The molecule has 0 spiro atoms. The third-order valence-corrected chi connectivity index (χ3v) is 3.37. The molecule has 0 aliphatic carbocycles. The van der Waals surface area contributed by atoms with Gasteiger partial charge in [-0.2, -0.15) is 5.10 Å². The van der Waals surface area contributed by atoms with Crippen LogP contribution in [-0.2, 0) is 7.05 Å². The molecule has 0 aliphatic rings. The minimum atomic E-state index is -1.27. The Morgan fingerprint density at radius 2 is 2.12 bits per heavy atom. The highest BCUT2D eigenvalue weighted by Crippen LogP contribution is 2.19. The number of hydrogen-bond acceptors (Lipinski definition) is 4. The molecule has 1 amide bonds. The van der Waals surface area contributed by atoms with E-state index in [4.69, 9.17) is 5.11 Å². The maximum Gasteiger partial charge on any atom is 0.339 e. The zero-order valence-corrected chi connectivity index (χ0v) is 12.5. The van der Waals surface area contributed by atoms with E-state index in [9.17, 15) is 14.0 Å². The number of rotatable bonds is 4. The van der Waals surface area contributed by atoms with E-state index in [0.717, 1.165) is 16.9 Å². The Balaban J connectivity index is 1.87. The smallest absolute Gasteiger partial charge is 0.339 e. The van der Waals surface area contributed by atoms with E-state index < -0.39 is 17.7 Å². The molecule has 2 N–H and O–H groups in total. The summed E-state index contributed by atoms with van der Waals surface area (Å²) >= 11 is 0. The van der Waals surface area contributed by atoms with Gasteiger partial charge >= 0.3 is 5.97 Å². The lowest BCUT2D eigenvalue weighted by Gasteiger charge is -2.09. The van der Waals surface area contributed by atoms with Crippen LogP contribution in [0.1, 0.15) is 20.8 Å². The second-order valence-corrected chi connectivity index (χ2v) is 4.93. The standard InChI is InChI=1S/C15H12FN5O3/c1-20-13(10(7-18-20)15(23)24)14(22)19-9-2-3-12(11(16)6-9)21-5-4-17-8-21/h2-8H,1H3,(H,19,22)(H,23,24). The van der Waals surface area contributed by atoms with Crippen LogP contribution < -0.4 is 5.32 Å². The third kappa shape index (κ3) is 2.74. The number of aromatic carboxylic acids is 1. The summed E-state index contributed by atoms with van der Waals surface area (Å²) in [6.45, 7) is 0. The molecule has 0 aliphatic heterocycles. The van der Waals surface area contributed by atoms with Crippen molar-refractivity contribution in [2.75, 3.05) is 5.32 Å². The first-order valence-electron chi connectivity index (χ1n) is 6.82. The molecule has 2 heterocycles. The number of anilines is 1. The lowest BCUT2D eigenvalue weighted by Crippen LogP contribution is -2.19. The second kappa shape index (κ2) is 5.95. The highest BCUT2D eigenvalue weighted by Gasteiger charge is 2.22. The molecule has 3 rings (SSSR count). The maximum atomic E-state index is 14.2. The fourth-order valence-electron chi connectivity index (χ4n) is 2.25. The summed E-state index contributed by atoms with van der Waals surface area (Å²) in [5.41, 5.74) is 0.114. The molecule has 0 saturated carbocycles. The minimum absolute atomic E-state index is 0.124. The van der Waals surface area contributed by atoms with Crippen LogP contribution in [0.4, 0.5) is 10.1 Å². The molecule has 8 nitrogen and oxygen atoms in total. The van der Waals surface area contributed by atoms with Crippen LogP contribution in [0.25, 0.3) is 5.69 Å². The van der Waals surface area contributed by atoms with Crippen molar-refractivity contribution in [3.05, 3.63) is 60.2 Å². The molecular weight excluding hydrogens is 317 g/mol. The number of aryl methyl sites for hydroxylation is 1. The predicted molar refractivity (Wildman–Crippen MR) is 81.6 cm³/mol. The van der Waals surface area contributed by atoms with Gasteiger partial charge in [-0.3, -0.25) is 9.48 Å². The summed E-state index contributed by atoms with van der Waals surface area (Å²) in [6, 6.07) is 4.13. The van der Waals surface area contributed by atoms with Crippen molar-refractivity contribution in [3.8, 4) is 5.69 Å². The van der Waals surface area contributed by atoms with Crippen molar-refractivity contribution in [1.29, 1.82) is 0 Å². The average molecular weight is 329 g/mol. The number of carboxylic acids is 1. The SMILES string of the molecule is Cn1ncc(C(=O)O)c1C(=O)Nc1ccc(-n2ccnc2)c(F)c1. The molecule has 3 aromatic rings. The fraction of sp³-hybridized carbons (Fsp3) is 0.0667. The average Bonchev–Trinajstić information content (AvgIpc) is 3.16. The molecule has 9 heteroatoms.